The summed E-state index contributed by atoms with van der Waals surface area (Å²) in [5.41, 5.74) is 1.37. The fourth-order valence-electron chi connectivity index (χ4n) is 1.42. The Balaban J connectivity index is 2.48. The Labute approximate surface area is 97.8 Å². The zero-order chi connectivity index (χ0) is 12.4. The van der Waals surface area contributed by atoms with Crippen LogP contribution in [0.25, 0.3) is 11.3 Å². The molecule has 2 heterocycles. The standard InChI is InChI=1S/C9H11BN4O3/c1-14-5-7(12-13-14)6-3-4-8(10(15)16)11-9(6)17-2/h3-5,15-16H,1-2H3. The van der Waals surface area contributed by atoms with E-state index in [0.717, 1.165) is 0 Å². The molecule has 0 bridgehead atoms. The fraction of sp³-hybridized carbons (Fsp3) is 0.222. The molecule has 2 aromatic heterocycles. The maximum atomic E-state index is 9.01. The zero-order valence-electron chi connectivity index (χ0n) is 9.40. The molecule has 0 radical (unpaired) electrons. The maximum absolute atomic E-state index is 9.01. The summed E-state index contributed by atoms with van der Waals surface area (Å²) < 4.78 is 6.65. The third kappa shape index (κ3) is 2.27. The number of hydrogen-bond acceptors (Lipinski definition) is 6. The summed E-state index contributed by atoms with van der Waals surface area (Å²) in [6, 6.07) is 3.15. The van der Waals surface area contributed by atoms with Gasteiger partial charge < -0.3 is 14.8 Å². The highest BCUT2D eigenvalue weighted by atomic mass is 16.5. The number of hydrogen-bond donors (Lipinski definition) is 2. The van der Waals surface area contributed by atoms with Crippen LogP contribution in [-0.4, -0.2) is 44.3 Å². The lowest BCUT2D eigenvalue weighted by Crippen LogP contribution is -2.32. The molecule has 0 fully saturated rings. The second-order valence-corrected chi connectivity index (χ2v) is 3.44. The van der Waals surface area contributed by atoms with Gasteiger partial charge in [0, 0.05) is 7.05 Å². The monoisotopic (exact) mass is 234 g/mol. The zero-order valence-corrected chi connectivity index (χ0v) is 9.40. The minimum absolute atomic E-state index is 0.120. The first-order valence-electron chi connectivity index (χ1n) is 4.89. The Hall–Kier alpha value is -1.93. The van der Waals surface area contributed by atoms with Crippen molar-refractivity contribution in [3.8, 4) is 17.1 Å². The van der Waals surface area contributed by atoms with Gasteiger partial charge in [0.15, 0.2) is 0 Å². The summed E-state index contributed by atoms with van der Waals surface area (Å²) in [6.45, 7) is 0. The molecule has 8 heteroatoms. The molecule has 0 aromatic carbocycles. The Morgan fingerprint density at radius 1 is 1.35 bits per heavy atom. The molecule has 0 atom stereocenters. The summed E-state index contributed by atoms with van der Waals surface area (Å²) in [7, 11) is 1.58. The van der Waals surface area contributed by atoms with Crippen molar-refractivity contribution in [2.45, 2.75) is 0 Å². The lowest BCUT2D eigenvalue weighted by Gasteiger charge is -2.06. The van der Waals surface area contributed by atoms with Gasteiger partial charge in [-0.3, -0.25) is 4.68 Å². The topological polar surface area (TPSA) is 93.3 Å². The Bertz CT molecular complexity index is 529. The summed E-state index contributed by atoms with van der Waals surface area (Å²) in [5.74, 6) is 0.274. The molecule has 0 spiro atoms. The molecular formula is C9H11BN4O3. The van der Waals surface area contributed by atoms with Crippen molar-refractivity contribution in [1.82, 2.24) is 20.0 Å². The SMILES string of the molecule is COc1nc(B(O)O)ccc1-c1cn(C)nn1. The average Bonchev–Trinajstić information content (AvgIpc) is 2.74. The highest BCUT2D eigenvalue weighted by Gasteiger charge is 2.17. The van der Waals surface area contributed by atoms with E-state index in [2.05, 4.69) is 15.3 Å². The van der Waals surface area contributed by atoms with Crippen LogP contribution in [0.5, 0.6) is 5.88 Å². The van der Waals surface area contributed by atoms with Crippen LogP contribution >= 0.6 is 0 Å². The molecule has 7 nitrogen and oxygen atoms in total. The highest BCUT2D eigenvalue weighted by molar-refractivity contribution is 6.57. The van der Waals surface area contributed by atoms with Gasteiger partial charge in [-0.25, -0.2) is 4.98 Å². The summed E-state index contributed by atoms with van der Waals surface area (Å²) >= 11 is 0. The molecule has 2 rings (SSSR count). The molecule has 0 amide bonds. The molecule has 2 aromatic rings. The number of rotatable bonds is 3. The Morgan fingerprint density at radius 2 is 2.12 bits per heavy atom. The predicted molar refractivity (Wildman–Crippen MR) is 60.6 cm³/mol. The van der Waals surface area contributed by atoms with E-state index in [1.165, 1.54) is 13.2 Å². The van der Waals surface area contributed by atoms with Gasteiger partial charge in [-0.2, -0.15) is 0 Å². The van der Waals surface area contributed by atoms with Crippen LogP contribution in [0.4, 0.5) is 0 Å². The molecule has 0 saturated heterocycles. The highest BCUT2D eigenvalue weighted by Crippen LogP contribution is 2.24. The van der Waals surface area contributed by atoms with Gasteiger partial charge in [-0.05, 0) is 12.1 Å². The first-order chi connectivity index (χ1) is 8.11. The van der Waals surface area contributed by atoms with E-state index in [-0.39, 0.29) is 11.5 Å². The summed E-state index contributed by atoms with van der Waals surface area (Å²) in [5, 5.41) is 25.8. The van der Waals surface area contributed by atoms with Crippen LogP contribution in [0.3, 0.4) is 0 Å². The smallest absolute Gasteiger partial charge is 0.481 e. The lowest BCUT2D eigenvalue weighted by molar-refractivity contribution is 0.396. The van der Waals surface area contributed by atoms with E-state index < -0.39 is 7.12 Å². The van der Waals surface area contributed by atoms with Crippen LogP contribution in [0.15, 0.2) is 18.3 Å². The quantitative estimate of drug-likeness (QED) is 0.632. The van der Waals surface area contributed by atoms with E-state index in [1.54, 1.807) is 24.0 Å². The molecule has 17 heavy (non-hydrogen) atoms. The second kappa shape index (κ2) is 4.52. The van der Waals surface area contributed by atoms with Crippen molar-refractivity contribution in [2.24, 2.45) is 7.05 Å². The second-order valence-electron chi connectivity index (χ2n) is 3.44. The van der Waals surface area contributed by atoms with Crippen LogP contribution in [0.1, 0.15) is 0 Å². The van der Waals surface area contributed by atoms with Crippen LogP contribution in [-0.2, 0) is 7.05 Å². The summed E-state index contributed by atoms with van der Waals surface area (Å²) in [6.07, 6.45) is 1.72. The molecule has 2 N–H and O–H groups in total. The van der Waals surface area contributed by atoms with Crippen molar-refractivity contribution in [1.29, 1.82) is 0 Å². The first-order valence-corrected chi connectivity index (χ1v) is 4.89. The largest absolute Gasteiger partial charge is 0.508 e. The van der Waals surface area contributed by atoms with Gasteiger partial charge in [0.05, 0.1) is 24.5 Å². The van der Waals surface area contributed by atoms with Crippen molar-refractivity contribution in [2.75, 3.05) is 7.11 Å². The normalized spacial score (nSPS) is 10.4. The number of nitrogens with zero attached hydrogens (tertiary/aromatic N) is 4. The first kappa shape index (κ1) is 11.6. The van der Waals surface area contributed by atoms with Gasteiger partial charge >= 0.3 is 7.12 Å². The van der Waals surface area contributed by atoms with Gasteiger partial charge in [-0.15, -0.1) is 5.10 Å². The van der Waals surface area contributed by atoms with Crippen LogP contribution in [0.2, 0.25) is 0 Å². The molecule has 0 aliphatic heterocycles. The van der Waals surface area contributed by atoms with E-state index in [1.807, 2.05) is 0 Å². The molecular weight excluding hydrogens is 223 g/mol. The van der Waals surface area contributed by atoms with Crippen LogP contribution in [0, 0.1) is 0 Å². The third-order valence-electron chi connectivity index (χ3n) is 2.22. The number of aromatic nitrogens is 4. The van der Waals surface area contributed by atoms with E-state index in [4.69, 9.17) is 14.8 Å². The molecule has 88 valence electrons. The van der Waals surface area contributed by atoms with Crippen molar-refractivity contribution >= 4 is 12.7 Å². The molecule has 0 aliphatic carbocycles. The van der Waals surface area contributed by atoms with Crippen molar-refractivity contribution < 1.29 is 14.8 Å². The molecule has 0 aliphatic rings. The van der Waals surface area contributed by atoms with Gasteiger partial charge in [0.1, 0.15) is 5.69 Å². The summed E-state index contributed by atoms with van der Waals surface area (Å²) in [4.78, 5) is 3.98. The van der Waals surface area contributed by atoms with Gasteiger partial charge in [-0.1, -0.05) is 5.21 Å². The van der Waals surface area contributed by atoms with Crippen molar-refractivity contribution in [3.63, 3.8) is 0 Å². The Morgan fingerprint density at radius 3 is 2.65 bits per heavy atom. The van der Waals surface area contributed by atoms with E-state index in [0.29, 0.717) is 11.3 Å². The van der Waals surface area contributed by atoms with Crippen LogP contribution < -0.4 is 10.3 Å². The lowest BCUT2D eigenvalue weighted by atomic mass is 9.85. The number of aryl methyl sites for hydroxylation is 1. The van der Waals surface area contributed by atoms with E-state index >= 15 is 0 Å². The molecule has 0 saturated carbocycles. The maximum Gasteiger partial charge on any atom is 0.508 e. The molecule has 0 unspecified atom stereocenters. The van der Waals surface area contributed by atoms with Crippen molar-refractivity contribution in [3.05, 3.63) is 18.3 Å². The fourth-order valence-corrected chi connectivity index (χ4v) is 1.42. The number of methoxy groups -OCH3 is 1. The predicted octanol–water partition coefficient (Wildman–Crippen LogP) is -1.43. The van der Waals surface area contributed by atoms with Gasteiger partial charge in [0.25, 0.3) is 0 Å². The minimum Gasteiger partial charge on any atom is -0.481 e. The van der Waals surface area contributed by atoms with E-state index in [9.17, 15) is 0 Å². The third-order valence-corrected chi connectivity index (χ3v) is 2.22. The van der Waals surface area contributed by atoms with Gasteiger partial charge in [0.2, 0.25) is 5.88 Å². The number of pyridine rings is 1. The minimum atomic E-state index is -1.63. The average molecular weight is 234 g/mol. The Kier molecular flexibility index (Phi) is 3.07. The number of ether oxygens (including phenoxy) is 1.